The molecule has 1 unspecified atom stereocenters. The normalized spacial score (nSPS) is 18.1. The Morgan fingerprint density at radius 3 is 1.88 bits per heavy atom. The van der Waals surface area contributed by atoms with E-state index in [1.165, 1.54) is 83.6 Å². The van der Waals surface area contributed by atoms with Gasteiger partial charge in [-0.05, 0) is 62.8 Å². The fourth-order valence-corrected chi connectivity index (χ4v) is 4.57. The molecule has 1 heteroatoms. The minimum absolute atomic E-state index is 0.704. The largest absolute Gasteiger partial charge is 0.314 e. The summed E-state index contributed by atoms with van der Waals surface area (Å²) >= 11 is 0. The van der Waals surface area contributed by atoms with Gasteiger partial charge in [-0.3, -0.25) is 0 Å². The lowest BCUT2D eigenvalue weighted by Gasteiger charge is -2.41. The molecule has 1 aliphatic carbocycles. The van der Waals surface area contributed by atoms with Gasteiger partial charge in [0.2, 0.25) is 0 Å². The minimum atomic E-state index is 0.704. The molecule has 1 saturated carbocycles. The Kier molecular flexibility index (Phi) is 15.3. The molecular formula is C24H47N. The average molecular weight is 350 g/mol. The average Bonchev–Trinajstić information content (AvgIpc) is 2.63. The lowest BCUT2D eigenvalue weighted by molar-refractivity contribution is 0.132. The quantitative estimate of drug-likeness (QED) is 0.356. The summed E-state index contributed by atoms with van der Waals surface area (Å²) in [4.78, 5) is 0. The topological polar surface area (TPSA) is 12.0 Å². The first-order valence-electron chi connectivity index (χ1n) is 11.1. The second kappa shape index (κ2) is 15.7. The summed E-state index contributed by atoms with van der Waals surface area (Å²) < 4.78 is 0. The standard InChI is InChI=1S/C20H41N.C4H6/c1-5-9-18(8-4)12-17-21-19-10-15-20(13-6-2,14-7-3)16-11-19;1-3-4-2/h18-19,21H,5-17H2,1-4H3;3-4H,1-2H2. The highest BCUT2D eigenvalue weighted by atomic mass is 14.9. The summed E-state index contributed by atoms with van der Waals surface area (Å²) in [6, 6.07) is 0.811. The Bertz CT molecular complexity index is 298. The van der Waals surface area contributed by atoms with Gasteiger partial charge in [0, 0.05) is 6.04 Å². The highest BCUT2D eigenvalue weighted by Crippen LogP contribution is 2.43. The SMILES string of the molecule is C=CC=C.CCCC(CC)CCNC1CCC(CCC)(CCC)CC1. The smallest absolute Gasteiger partial charge is 0.00674 e. The first-order valence-corrected chi connectivity index (χ1v) is 11.1. The molecule has 1 N–H and O–H groups in total. The van der Waals surface area contributed by atoms with Gasteiger partial charge in [0.25, 0.3) is 0 Å². The molecule has 0 aromatic carbocycles. The molecule has 0 spiro atoms. The fraction of sp³-hybridized carbons (Fsp3) is 0.833. The second-order valence-corrected chi connectivity index (χ2v) is 8.05. The van der Waals surface area contributed by atoms with Crippen LogP contribution in [0, 0.1) is 11.3 Å². The van der Waals surface area contributed by atoms with Crippen LogP contribution in [0.3, 0.4) is 0 Å². The highest BCUT2D eigenvalue weighted by molar-refractivity contribution is 4.88. The van der Waals surface area contributed by atoms with Crippen LogP contribution in [0.15, 0.2) is 25.3 Å². The van der Waals surface area contributed by atoms with Crippen molar-refractivity contribution in [1.29, 1.82) is 0 Å². The van der Waals surface area contributed by atoms with Gasteiger partial charge in [-0.25, -0.2) is 0 Å². The van der Waals surface area contributed by atoms with Crippen molar-refractivity contribution in [2.45, 2.75) is 111 Å². The predicted molar refractivity (Wildman–Crippen MR) is 116 cm³/mol. The van der Waals surface area contributed by atoms with Crippen LogP contribution in [0.4, 0.5) is 0 Å². The van der Waals surface area contributed by atoms with E-state index in [2.05, 4.69) is 46.2 Å². The second-order valence-electron chi connectivity index (χ2n) is 8.05. The summed E-state index contributed by atoms with van der Waals surface area (Å²) in [5, 5.41) is 3.87. The zero-order valence-electron chi connectivity index (χ0n) is 17.9. The molecular weight excluding hydrogens is 302 g/mol. The summed E-state index contributed by atoms with van der Waals surface area (Å²) in [5.41, 5.74) is 0.704. The first kappa shape index (κ1) is 24.4. The molecule has 1 atom stereocenters. The Balaban J connectivity index is 0.00000129. The predicted octanol–water partition coefficient (Wildman–Crippen LogP) is 7.68. The number of rotatable bonds is 12. The van der Waals surface area contributed by atoms with Crippen LogP contribution >= 0.6 is 0 Å². The molecule has 1 nitrogen and oxygen atoms in total. The zero-order chi connectivity index (χ0) is 19.0. The van der Waals surface area contributed by atoms with Gasteiger partial charge in [-0.1, -0.05) is 85.1 Å². The molecule has 0 radical (unpaired) electrons. The number of nitrogens with one attached hydrogen (secondary N) is 1. The van der Waals surface area contributed by atoms with Gasteiger partial charge in [0.15, 0.2) is 0 Å². The maximum atomic E-state index is 3.87. The Labute approximate surface area is 159 Å². The number of hydrogen-bond acceptors (Lipinski definition) is 1. The maximum Gasteiger partial charge on any atom is 0.00674 e. The summed E-state index contributed by atoms with van der Waals surface area (Å²) in [5.74, 6) is 0.949. The molecule has 1 aliphatic rings. The molecule has 148 valence electrons. The summed E-state index contributed by atoms with van der Waals surface area (Å²) in [6.07, 6.45) is 20.2. The summed E-state index contributed by atoms with van der Waals surface area (Å²) in [7, 11) is 0. The van der Waals surface area contributed by atoms with Crippen molar-refractivity contribution in [3.63, 3.8) is 0 Å². The minimum Gasteiger partial charge on any atom is -0.314 e. The fourth-order valence-electron chi connectivity index (χ4n) is 4.57. The van der Waals surface area contributed by atoms with Crippen molar-refractivity contribution in [2.75, 3.05) is 6.54 Å². The van der Waals surface area contributed by atoms with Crippen molar-refractivity contribution in [3.8, 4) is 0 Å². The van der Waals surface area contributed by atoms with Crippen LogP contribution in [0.1, 0.15) is 105 Å². The van der Waals surface area contributed by atoms with E-state index in [4.69, 9.17) is 0 Å². The van der Waals surface area contributed by atoms with Crippen molar-refractivity contribution in [3.05, 3.63) is 25.3 Å². The molecule has 0 saturated heterocycles. The lowest BCUT2D eigenvalue weighted by atomic mass is 9.67. The van der Waals surface area contributed by atoms with Crippen LogP contribution in [0.25, 0.3) is 0 Å². The van der Waals surface area contributed by atoms with Crippen LogP contribution in [-0.2, 0) is 0 Å². The van der Waals surface area contributed by atoms with E-state index in [0.717, 1.165) is 12.0 Å². The van der Waals surface area contributed by atoms with E-state index in [-0.39, 0.29) is 0 Å². The molecule has 0 amide bonds. The Hall–Kier alpha value is -0.560. The van der Waals surface area contributed by atoms with Crippen molar-refractivity contribution in [1.82, 2.24) is 5.32 Å². The zero-order valence-corrected chi connectivity index (χ0v) is 17.9. The Morgan fingerprint density at radius 1 is 0.920 bits per heavy atom. The molecule has 0 heterocycles. The molecule has 25 heavy (non-hydrogen) atoms. The molecule has 0 aromatic rings. The van der Waals surface area contributed by atoms with Gasteiger partial charge in [-0.2, -0.15) is 0 Å². The third kappa shape index (κ3) is 10.9. The molecule has 0 bridgehead atoms. The van der Waals surface area contributed by atoms with Gasteiger partial charge in [0.05, 0.1) is 0 Å². The van der Waals surface area contributed by atoms with Crippen molar-refractivity contribution < 1.29 is 0 Å². The number of hydrogen-bond donors (Lipinski definition) is 1. The number of allylic oxidation sites excluding steroid dienone is 2. The van der Waals surface area contributed by atoms with Crippen LogP contribution in [-0.4, -0.2) is 12.6 Å². The van der Waals surface area contributed by atoms with Gasteiger partial charge < -0.3 is 5.32 Å². The molecule has 0 aromatic heterocycles. The monoisotopic (exact) mass is 349 g/mol. The van der Waals surface area contributed by atoms with Crippen LogP contribution in [0.2, 0.25) is 0 Å². The van der Waals surface area contributed by atoms with Crippen molar-refractivity contribution >= 4 is 0 Å². The molecule has 0 aliphatic heterocycles. The van der Waals surface area contributed by atoms with Gasteiger partial charge in [-0.15, -0.1) is 0 Å². The lowest BCUT2D eigenvalue weighted by Crippen LogP contribution is -2.38. The van der Waals surface area contributed by atoms with Gasteiger partial charge >= 0.3 is 0 Å². The van der Waals surface area contributed by atoms with E-state index in [0.29, 0.717) is 5.41 Å². The first-order chi connectivity index (χ1) is 12.1. The third-order valence-electron chi connectivity index (χ3n) is 6.03. The third-order valence-corrected chi connectivity index (χ3v) is 6.03. The van der Waals surface area contributed by atoms with Crippen LogP contribution in [0.5, 0.6) is 0 Å². The molecule has 1 fully saturated rings. The highest BCUT2D eigenvalue weighted by Gasteiger charge is 2.33. The molecule has 1 rings (SSSR count). The van der Waals surface area contributed by atoms with E-state index >= 15 is 0 Å². The summed E-state index contributed by atoms with van der Waals surface area (Å²) in [6.45, 7) is 17.4. The van der Waals surface area contributed by atoms with E-state index in [1.54, 1.807) is 12.2 Å². The Morgan fingerprint density at radius 2 is 1.48 bits per heavy atom. The van der Waals surface area contributed by atoms with E-state index in [9.17, 15) is 0 Å². The van der Waals surface area contributed by atoms with E-state index in [1.807, 2.05) is 0 Å². The van der Waals surface area contributed by atoms with Crippen LogP contribution < -0.4 is 5.32 Å². The van der Waals surface area contributed by atoms with Crippen molar-refractivity contribution in [2.24, 2.45) is 11.3 Å². The maximum absolute atomic E-state index is 3.87. The van der Waals surface area contributed by atoms with Gasteiger partial charge in [0.1, 0.15) is 0 Å². The van der Waals surface area contributed by atoms with E-state index < -0.39 is 0 Å².